The van der Waals surface area contributed by atoms with E-state index in [-0.39, 0.29) is 38.4 Å². The molecule has 2 heterocycles. The number of allylic oxidation sites excluding steroid dienone is 2. The Hall–Kier alpha value is -4.01. The van der Waals surface area contributed by atoms with E-state index in [1.54, 1.807) is 12.4 Å². The van der Waals surface area contributed by atoms with E-state index in [1.807, 2.05) is 12.1 Å². The molecule has 39 heavy (non-hydrogen) atoms. The first-order valence-corrected chi connectivity index (χ1v) is 10.4. The second-order valence-electron chi connectivity index (χ2n) is 8.17. The normalized spacial score (nSPS) is 23.6. The summed E-state index contributed by atoms with van der Waals surface area (Å²) in [6.45, 7) is 0. The average molecular weight is 597 g/mol. The van der Waals surface area contributed by atoms with Crippen molar-refractivity contribution in [2.45, 2.75) is 0 Å². The molecular formula is C24H30N2NiO12+4. The molecule has 6 atom stereocenters. The predicted octanol–water partition coefficient (Wildman–Crippen LogP) is -3.97. The van der Waals surface area contributed by atoms with Crippen molar-refractivity contribution in [1.82, 2.24) is 9.97 Å². The number of carbonyl (C=O) groups is 4. The van der Waals surface area contributed by atoms with E-state index in [9.17, 15) is 29.4 Å². The smallest absolute Gasteiger partial charge is 0.550 e. The van der Waals surface area contributed by atoms with E-state index in [4.69, 9.17) is 10.2 Å². The summed E-state index contributed by atoms with van der Waals surface area (Å²) in [5.74, 6) is -15.1. The molecule has 0 saturated heterocycles. The maximum atomic E-state index is 11.2. The molecule has 0 radical (unpaired) electrons. The molecular weight excluding hydrogens is 567 g/mol. The number of nitrogens with zero attached hydrogens (tertiary/aromatic N) is 2. The third-order valence-electron chi connectivity index (χ3n) is 6.45. The number of aliphatic carboxylic acids is 4. The summed E-state index contributed by atoms with van der Waals surface area (Å²) in [5.41, 5.74) is 1.95. The minimum absolute atomic E-state index is 0. The van der Waals surface area contributed by atoms with Crippen LogP contribution >= 0.6 is 0 Å². The molecule has 14 nitrogen and oxygen atoms in total. The largest absolute Gasteiger partial charge is 2.00 e. The van der Waals surface area contributed by atoms with Crippen LogP contribution in [0.2, 0.25) is 0 Å². The third kappa shape index (κ3) is 6.71. The number of rotatable bonds is 4. The van der Waals surface area contributed by atoms with Crippen molar-refractivity contribution in [2.24, 2.45) is 35.5 Å². The molecule has 3 aromatic rings. The number of benzene rings is 1. The number of aromatic nitrogens is 2. The van der Waals surface area contributed by atoms with Gasteiger partial charge in [0, 0.05) is 46.9 Å². The molecule has 1 fully saturated rings. The standard InChI is InChI=1S/C12H8N2.C12H12O8.Ni.4H2O/c1-3-9-5-6-10-4-2-8-14-12(10)11(9)13-7-1;13-9(14)5-3-1-2-4(7(5)11(17)18)8(12(19)20)6(3)10(15)16;;;;;/h1-8H;1-8H,(H,13,14)(H,15,16)(H,17,18)(H,19,20);;4*1H2/q;;+2;;;;/p+2/t;3-,4+,5+,6-,7-,8+;;;;;. The number of fused-ring (bicyclic) bond motifs is 5. The van der Waals surface area contributed by atoms with Gasteiger partial charge in [-0.2, -0.15) is 0 Å². The molecule has 2 aromatic heterocycles. The van der Waals surface area contributed by atoms with E-state index < -0.39 is 59.4 Å². The monoisotopic (exact) mass is 596 g/mol. The van der Waals surface area contributed by atoms with Crippen LogP contribution < -0.4 is 10.2 Å². The van der Waals surface area contributed by atoms with Crippen molar-refractivity contribution in [3.63, 3.8) is 0 Å². The molecule has 14 N–H and O–H groups in total. The van der Waals surface area contributed by atoms with Gasteiger partial charge in [-0.3, -0.25) is 19.6 Å². The van der Waals surface area contributed by atoms with Crippen molar-refractivity contribution >= 4 is 45.7 Å². The molecule has 0 amide bonds. The fourth-order valence-electron chi connectivity index (χ4n) is 5.06. The fourth-order valence-corrected chi connectivity index (χ4v) is 5.06. The Morgan fingerprint density at radius 1 is 0.615 bits per heavy atom. The van der Waals surface area contributed by atoms with Gasteiger partial charge in [0.25, 0.3) is 0 Å². The van der Waals surface area contributed by atoms with Gasteiger partial charge >= 0.3 is 28.4 Å². The summed E-state index contributed by atoms with van der Waals surface area (Å²) in [7, 11) is 0. The first-order valence-electron chi connectivity index (χ1n) is 10.4. The van der Waals surface area contributed by atoms with Crippen LogP contribution in [0.3, 0.4) is 0 Å². The van der Waals surface area contributed by atoms with Gasteiger partial charge in [-0.25, -0.2) is 0 Å². The second kappa shape index (κ2) is 14.8. The third-order valence-corrected chi connectivity index (χ3v) is 6.45. The Balaban J connectivity index is 0. The summed E-state index contributed by atoms with van der Waals surface area (Å²) in [5, 5.41) is 42.8. The first kappa shape index (κ1) is 37.1. The maximum Gasteiger partial charge on any atom is 2.00 e. The van der Waals surface area contributed by atoms with Gasteiger partial charge in [-0.15, -0.1) is 0 Å². The zero-order chi connectivity index (χ0) is 24.6. The second-order valence-corrected chi connectivity index (χ2v) is 8.17. The van der Waals surface area contributed by atoms with Gasteiger partial charge in [-0.05, 0) is 24.0 Å². The van der Waals surface area contributed by atoms with Crippen molar-refractivity contribution in [3.8, 4) is 0 Å². The van der Waals surface area contributed by atoms with Crippen molar-refractivity contribution in [3.05, 3.63) is 60.9 Å². The predicted molar refractivity (Wildman–Crippen MR) is 132 cm³/mol. The van der Waals surface area contributed by atoms with Gasteiger partial charge in [0.2, 0.25) is 0 Å². The Labute approximate surface area is 230 Å². The number of hydrogen-bond acceptors (Lipinski definition) is 8. The van der Waals surface area contributed by atoms with Gasteiger partial charge < -0.3 is 51.9 Å². The summed E-state index contributed by atoms with van der Waals surface area (Å²) in [6.07, 6.45) is 6.11. The molecule has 3 aliphatic rings. The van der Waals surface area contributed by atoms with E-state index in [0.717, 1.165) is 21.8 Å². The van der Waals surface area contributed by atoms with E-state index >= 15 is 0 Å². The zero-order valence-electron chi connectivity index (χ0n) is 20.1. The molecule has 1 aromatic carbocycles. The summed E-state index contributed by atoms with van der Waals surface area (Å²) < 4.78 is 0. The average Bonchev–Trinajstić information content (AvgIpc) is 2.83. The Kier molecular flexibility index (Phi) is 14.1. The number of carboxylic acid groups (broad SMARTS) is 4. The van der Waals surface area contributed by atoms with Crippen LogP contribution in [0.15, 0.2) is 60.9 Å². The number of pyridine rings is 2. The van der Waals surface area contributed by atoms with Crippen LogP contribution in [-0.4, -0.2) is 44.1 Å². The van der Waals surface area contributed by atoms with E-state index in [2.05, 4.69) is 34.2 Å². The van der Waals surface area contributed by atoms with Crippen LogP contribution in [-0.2, 0) is 57.6 Å². The minimum atomic E-state index is -1.69. The number of hydrogen-bond donors (Lipinski definition) is 2. The molecule has 2 bridgehead atoms. The Bertz CT molecular complexity index is 1210. The van der Waals surface area contributed by atoms with Crippen molar-refractivity contribution < 1.29 is 78.0 Å². The topological polar surface area (TPSA) is 313 Å². The quantitative estimate of drug-likeness (QED) is 0.127. The van der Waals surface area contributed by atoms with Crippen LogP contribution in [0.25, 0.3) is 21.8 Å². The molecule has 0 spiro atoms. The van der Waals surface area contributed by atoms with Gasteiger partial charge in [0.05, 0.1) is 22.9 Å². The Morgan fingerprint density at radius 2 is 0.949 bits per heavy atom. The van der Waals surface area contributed by atoms with Crippen molar-refractivity contribution in [2.75, 3.05) is 0 Å². The van der Waals surface area contributed by atoms with E-state index in [0.29, 0.717) is 0 Å². The van der Waals surface area contributed by atoms with Crippen LogP contribution in [0.4, 0.5) is 0 Å². The minimum Gasteiger partial charge on any atom is -0.550 e. The molecule has 214 valence electrons. The molecule has 15 heteroatoms. The van der Waals surface area contributed by atoms with Gasteiger partial charge in [0.15, 0.2) is 0 Å². The molecule has 6 rings (SSSR count). The summed E-state index contributed by atoms with van der Waals surface area (Å²) in [6, 6.07) is 12.1. The van der Waals surface area contributed by atoms with Crippen LogP contribution in [0.1, 0.15) is 0 Å². The summed E-state index contributed by atoms with van der Waals surface area (Å²) >= 11 is 0. The summed E-state index contributed by atoms with van der Waals surface area (Å²) in [4.78, 5) is 53.4. The maximum absolute atomic E-state index is 11.2. The first-order chi connectivity index (χ1) is 16.2. The van der Waals surface area contributed by atoms with Gasteiger partial charge in [-0.1, -0.05) is 36.4 Å². The SMILES string of the molecule is O=C(O)[C@@H]1[C@@H]2C=C[C@@H]([C@@H](C(=O)O)[C@H]2C(=O)[O-])[C@@H]1C(=O)[O-].[Ni+2].[OH3+].[OH3+].[OH3+].[OH3+].c1cnc2c(c1)ccc1cccnc12. The van der Waals surface area contributed by atoms with Gasteiger partial charge in [0.1, 0.15) is 0 Å². The van der Waals surface area contributed by atoms with Crippen LogP contribution in [0, 0.1) is 35.5 Å². The van der Waals surface area contributed by atoms with Crippen LogP contribution in [0.5, 0.6) is 0 Å². The fraction of sp³-hybridized carbons (Fsp3) is 0.250. The molecule has 1 saturated carbocycles. The molecule has 3 aliphatic carbocycles. The number of carbonyl (C=O) groups excluding carboxylic acids is 2. The number of carboxylic acids is 4. The molecule has 0 aliphatic heterocycles. The molecule has 0 unspecified atom stereocenters. The zero-order valence-corrected chi connectivity index (χ0v) is 21.1. The van der Waals surface area contributed by atoms with E-state index in [1.165, 1.54) is 12.2 Å². The Morgan fingerprint density at radius 3 is 1.23 bits per heavy atom. The van der Waals surface area contributed by atoms with Crippen molar-refractivity contribution in [1.29, 1.82) is 0 Å².